The molecular formula is C27H30F2N2O3. The zero-order chi connectivity index (χ0) is 24.6. The zero-order valence-electron chi connectivity index (χ0n) is 19.8. The second-order valence-electron chi connectivity index (χ2n) is 8.45. The van der Waals surface area contributed by atoms with Crippen molar-refractivity contribution in [2.75, 3.05) is 6.61 Å². The third-order valence-electron chi connectivity index (χ3n) is 5.32. The molecule has 0 aliphatic rings. The van der Waals surface area contributed by atoms with Gasteiger partial charge in [-0.25, -0.2) is 23.5 Å². The van der Waals surface area contributed by atoms with Gasteiger partial charge in [-0.15, -0.1) is 0 Å². The van der Waals surface area contributed by atoms with Crippen molar-refractivity contribution in [1.29, 1.82) is 0 Å². The van der Waals surface area contributed by atoms with Crippen molar-refractivity contribution in [3.63, 3.8) is 0 Å². The Balaban J connectivity index is 1.59. The minimum absolute atomic E-state index is 0.114. The van der Waals surface area contributed by atoms with E-state index in [0.29, 0.717) is 31.7 Å². The summed E-state index contributed by atoms with van der Waals surface area (Å²) in [5.41, 5.74) is 0.481. The molecule has 0 N–H and O–H groups in total. The second-order valence-corrected chi connectivity index (χ2v) is 8.45. The van der Waals surface area contributed by atoms with Gasteiger partial charge in [0, 0.05) is 23.5 Å². The van der Waals surface area contributed by atoms with Gasteiger partial charge in [0.15, 0.2) is 5.82 Å². The standard InChI is InChI=1S/C27H30F2N2O3/c1-4-15-27(3,29)26(32)34-24-13-7-20(8-14-24)22-17-30-25(31-18-22)21-9-11-23(12-10-21)33-16-5-6-19(2)28/h7-14,17-19H,4-6,15-16H2,1-3H3/t19-,27-/m0/s1. The minimum atomic E-state index is -2.00. The highest BCUT2D eigenvalue weighted by Crippen LogP contribution is 2.26. The molecule has 2 atom stereocenters. The first-order valence-electron chi connectivity index (χ1n) is 11.5. The Bertz CT molecular complexity index is 1050. The molecule has 0 aliphatic carbocycles. The van der Waals surface area contributed by atoms with Gasteiger partial charge in [0.25, 0.3) is 0 Å². The van der Waals surface area contributed by atoms with E-state index in [0.717, 1.165) is 22.4 Å². The maximum absolute atomic E-state index is 14.3. The summed E-state index contributed by atoms with van der Waals surface area (Å²) in [5.74, 6) is 0.689. The molecule has 7 heteroatoms. The Morgan fingerprint density at radius 3 is 2.15 bits per heavy atom. The number of rotatable bonds is 11. The lowest BCUT2D eigenvalue weighted by Crippen LogP contribution is -2.34. The van der Waals surface area contributed by atoms with Crippen molar-refractivity contribution in [1.82, 2.24) is 9.97 Å². The molecule has 1 aromatic heterocycles. The van der Waals surface area contributed by atoms with Crippen molar-refractivity contribution < 1.29 is 23.0 Å². The first-order valence-corrected chi connectivity index (χ1v) is 11.5. The molecular weight excluding hydrogens is 438 g/mol. The average molecular weight is 469 g/mol. The summed E-state index contributed by atoms with van der Waals surface area (Å²) in [6, 6.07) is 14.2. The van der Waals surface area contributed by atoms with Gasteiger partial charge >= 0.3 is 5.97 Å². The number of halogens is 2. The lowest BCUT2D eigenvalue weighted by molar-refractivity contribution is -0.147. The molecule has 0 unspecified atom stereocenters. The van der Waals surface area contributed by atoms with Gasteiger partial charge in [0.05, 0.1) is 12.8 Å². The summed E-state index contributed by atoms with van der Waals surface area (Å²) in [6.07, 6.45) is 4.44. The van der Waals surface area contributed by atoms with E-state index in [1.165, 1.54) is 6.92 Å². The molecule has 0 saturated carbocycles. The largest absolute Gasteiger partial charge is 0.494 e. The maximum Gasteiger partial charge on any atom is 0.348 e. The van der Waals surface area contributed by atoms with Crippen LogP contribution in [0.25, 0.3) is 22.5 Å². The van der Waals surface area contributed by atoms with Crippen LogP contribution in [-0.4, -0.2) is 34.4 Å². The smallest absolute Gasteiger partial charge is 0.348 e. The summed E-state index contributed by atoms with van der Waals surface area (Å²) in [7, 11) is 0. The van der Waals surface area contributed by atoms with Crippen LogP contribution in [0.1, 0.15) is 46.5 Å². The Hall–Kier alpha value is -3.35. The third kappa shape index (κ3) is 7.07. The molecule has 0 aliphatic heterocycles. The first-order chi connectivity index (χ1) is 16.3. The molecule has 2 aromatic carbocycles. The predicted octanol–water partition coefficient (Wildman–Crippen LogP) is 6.76. The third-order valence-corrected chi connectivity index (χ3v) is 5.32. The van der Waals surface area contributed by atoms with Crippen LogP contribution in [0.5, 0.6) is 11.5 Å². The van der Waals surface area contributed by atoms with Crippen LogP contribution in [0.15, 0.2) is 60.9 Å². The molecule has 5 nitrogen and oxygen atoms in total. The molecule has 34 heavy (non-hydrogen) atoms. The number of aromatic nitrogens is 2. The lowest BCUT2D eigenvalue weighted by atomic mass is 10.0. The van der Waals surface area contributed by atoms with Gasteiger partial charge in [0.2, 0.25) is 5.67 Å². The second kappa shape index (κ2) is 11.7. The van der Waals surface area contributed by atoms with Gasteiger partial charge in [-0.1, -0.05) is 25.5 Å². The van der Waals surface area contributed by atoms with Crippen LogP contribution in [0.2, 0.25) is 0 Å². The number of carbonyl (C=O) groups excluding carboxylic acids is 1. The van der Waals surface area contributed by atoms with E-state index in [4.69, 9.17) is 9.47 Å². The maximum atomic E-state index is 14.3. The number of benzene rings is 2. The Kier molecular flexibility index (Phi) is 8.68. The number of alkyl halides is 2. The first kappa shape index (κ1) is 25.3. The highest BCUT2D eigenvalue weighted by molar-refractivity contribution is 5.81. The van der Waals surface area contributed by atoms with Gasteiger partial charge in [-0.3, -0.25) is 0 Å². The van der Waals surface area contributed by atoms with Crippen molar-refractivity contribution in [3.8, 4) is 34.0 Å². The van der Waals surface area contributed by atoms with Crippen molar-refractivity contribution >= 4 is 5.97 Å². The van der Waals surface area contributed by atoms with E-state index in [-0.39, 0.29) is 12.2 Å². The molecule has 0 amide bonds. The highest BCUT2D eigenvalue weighted by Gasteiger charge is 2.34. The van der Waals surface area contributed by atoms with Crippen LogP contribution >= 0.6 is 0 Å². The molecule has 0 bridgehead atoms. The molecule has 0 saturated heterocycles. The predicted molar refractivity (Wildman–Crippen MR) is 128 cm³/mol. The Morgan fingerprint density at radius 1 is 0.971 bits per heavy atom. The average Bonchev–Trinajstić information content (AvgIpc) is 2.83. The topological polar surface area (TPSA) is 61.3 Å². The van der Waals surface area contributed by atoms with Gasteiger partial charge < -0.3 is 9.47 Å². The molecule has 3 rings (SSSR count). The van der Waals surface area contributed by atoms with E-state index in [9.17, 15) is 13.6 Å². The van der Waals surface area contributed by atoms with Gasteiger partial charge in [-0.05, 0) is 75.1 Å². The SMILES string of the molecule is CCC[C@](C)(F)C(=O)Oc1ccc(-c2cnc(-c3ccc(OCCC[C@H](C)F)cc3)nc2)cc1. The van der Waals surface area contributed by atoms with Crippen molar-refractivity contribution in [2.45, 2.75) is 58.3 Å². The molecule has 0 spiro atoms. The number of hydrogen-bond donors (Lipinski definition) is 0. The Labute approximate surface area is 199 Å². The fourth-order valence-electron chi connectivity index (χ4n) is 3.38. The molecule has 1 heterocycles. The number of hydrogen-bond acceptors (Lipinski definition) is 5. The normalized spacial score (nSPS) is 13.7. The van der Waals surface area contributed by atoms with E-state index in [1.807, 2.05) is 31.2 Å². The fraction of sp³-hybridized carbons (Fsp3) is 0.370. The number of carbonyl (C=O) groups is 1. The summed E-state index contributed by atoms with van der Waals surface area (Å²) in [4.78, 5) is 20.9. The summed E-state index contributed by atoms with van der Waals surface area (Å²) in [5, 5.41) is 0. The summed E-state index contributed by atoms with van der Waals surface area (Å²) >= 11 is 0. The quantitative estimate of drug-likeness (QED) is 0.177. The number of ether oxygens (including phenoxy) is 2. The monoisotopic (exact) mass is 468 g/mol. The highest BCUT2D eigenvalue weighted by atomic mass is 19.1. The van der Waals surface area contributed by atoms with Crippen molar-refractivity contribution in [2.24, 2.45) is 0 Å². The van der Waals surface area contributed by atoms with Crippen molar-refractivity contribution in [3.05, 3.63) is 60.9 Å². The lowest BCUT2D eigenvalue weighted by Gasteiger charge is -2.17. The summed E-state index contributed by atoms with van der Waals surface area (Å²) in [6.45, 7) is 5.07. The minimum Gasteiger partial charge on any atom is -0.494 e. The van der Waals surface area contributed by atoms with Crippen LogP contribution < -0.4 is 9.47 Å². The van der Waals surface area contributed by atoms with E-state index >= 15 is 0 Å². The van der Waals surface area contributed by atoms with Gasteiger partial charge in [-0.2, -0.15) is 0 Å². The summed E-state index contributed by atoms with van der Waals surface area (Å²) < 4.78 is 37.9. The molecule has 0 fully saturated rings. The van der Waals surface area contributed by atoms with Crippen LogP contribution in [0, 0.1) is 0 Å². The van der Waals surface area contributed by atoms with Crippen LogP contribution in [-0.2, 0) is 4.79 Å². The molecule has 0 radical (unpaired) electrons. The fourth-order valence-corrected chi connectivity index (χ4v) is 3.38. The molecule has 180 valence electrons. The molecule has 3 aromatic rings. The van der Waals surface area contributed by atoms with Crippen LogP contribution in [0.3, 0.4) is 0 Å². The van der Waals surface area contributed by atoms with Crippen LogP contribution in [0.4, 0.5) is 8.78 Å². The number of esters is 1. The van der Waals surface area contributed by atoms with E-state index in [2.05, 4.69) is 9.97 Å². The zero-order valence-corrected chi connectivity index (χ0v) is 19.8. The van der Waals surface area contributed by atoms with Gasteiger partial charge in [0.1, 0.15) is 11.5 Å². The van der Waals surface area contributed by atoms with E-state index < -0.39 is 17.8 Å². The van der Waals surface area contributed by atoms with E-state index in [1.54, 1.807) is 43.6 Å². The Morgan fingerprint density at radius 2 is 1.56 bits per heavy atom. The number of nitrogens with zero attached hydrogens (tertiary/aromatic N) is 2.